The molecular weight excluding hydrogens is 236 g/mol. The molecule has 3 heteroatoms. The molecule has 3 fully saturated rings. The van der Waals surface area contributed by atoms with Crippen LogP contribution in [0, 0.1) is 0 Å². The Hall–Kier alpha value is -0.120. The monoisotopic (exact) mass is 266 g/mol. The van der Waals surface area contributed by atoms with Crippen LogP contribution in [0.4, 0.5) is 0 Å². The molecule has 3 nitrogen and oxygen atoms in total. The lowest BCUT2D eigenvalue weighted by atomic mass is 9.78. The summed E-state index contributed by atoms with van der Waals surface area (Å²) in [4.78, 5) is 2.88. The number of rotatable bonds is 3. The first-order valence-electron chi connectivity index (χ1n) is 8.46. The van der Waals surface area contributed by atoms with Gasteiger partial charge in [0.1, 0.15) is 0 Å². The number of piperidine rings is 2. The average Bonchev–Trinajstić information content (AvgIpc) is 2.39. The van der Waals surface area contributed by atoms with Crippen molar-refractivity contribution in [2.24, 2.45) is 0 Å². The van der Waals surface area contributed by atoms with Crippen molar-refractivity contribution in [2.75, 3.05) is 6.54 Å². The Morgan fingerprint density at radius 1 is 0.947 bits per heavy atom. The Labute approximate surface area is 117 Å². The van der Waals surface area contributed by atoms with E-state index in [4.69, 9.17) is 0 Å². The van der Waals surface area contributed by atoms with Crippen molar-refractivity contribution in [1.82, 2.24) is 10.2 Å². The van der Waals surface area contributed by atoms with Gasteiger partial charge in [-0.05, 0) is 57.9 Å². The molecule has 3 aliphatic rings. The van der Waals surface area contributed by atoms with Gasteiger partial charge in [-0.1, -0.05) is 13.3 Å². The summed E-state index contributed by atoms with van der Waals surface area (Å²) in [6.07, 6.45) is 11.4. The SMILES string of the molecule is CCNC1CC2CCCC(C1)N2C1CCC(O)CC1. The minimum atomic E-state index is -0.0182. The predicted molar refractivity (Wildman–Crippen MR) is 78.2 cm³/mol. The molecule has 0 radical (unpaired) electrons. The molecule has 1 saturated carbocycles. The number of fused-ring (bicyclic) bond motifs is 2. The van der Waals surface area contributed by atoms with E-state index >= 15 is 0 Å². The first kappa shape index (κ1) is 13.8. The van der Waals surface area contributed by atoms with E-state index < -0.39 is 0 Å². The molecule has 3 rings (SSSR count). The second-order valence-electron chi connectivity index (χ2n) is 6.87. The van der Waals surface area contributed by atoms with Crippen molar-refractivity contribution in [2.45, 2.75) is 95.0 Å². The average molecular weight is 266 g/mol. The van der Waals surface area contributed by atoms with Crippen LogP contribution in [0.25, 0.3) is 0 Å². The Morgan fingerprint density at radius 2 is 1.58 bits per heavy atom. The zero-order chi connectivity index (χ0) is 13.2. The maximum Gasteiger partial charge on any atom is 0.0541 e. The van der Waals surface area contributed by atoms with Crippen molar-refractivity contribution in [3.05, 3.63) is 0 Å². The normalized spacial score (nSPS) is 44.2. The first-order chi connectivity index (χ1) is 9.28. The highest BCUT2D eigenvalue weighted by Crippen LogP contribution is 2.39. The fraction of sp³-hybridized carbons (Fsp3) is 1.00. The Kier molecular flexibility index (Phi) is 4.45. The molecule has 2 heterocycles. The van der Waals surface area contributed by atoms with Crippen LogP contribution >= 0.6 is 0 Å². The lowest BCUT2D eigenvalue weighted by Crippen LogP contribution is -2.60. The van der Waals surface area contributed by atoms with E-state index in [9.17, 15) is 5.11 Å². The maximum absolute atomic E-state index is 9.71. The van der Waals surface area contributed by atoms with Gasteiger partial charge in [-0.3, -0.25) is 4.90 Å². The second-order valence-corrected chi connectivity index (χ2v) is 6.87. The van der Waals surface area contributed by atoms with E-state index in [2.05, 4.69) is 17.1 Å². The molecule has 19 heavy (non-hydrogen) atoms. The second kappa shape index (κ2) is 6.11. The summed E-state index contributed by atoms with van der Waals surface area (Å²) in [6.45, 7) is 3.34. The molecule has 2 unspecified atom stereocenters. The molecule has 1 aliphatic carbocycles. The molecule has 110 valence electrons. The minimum Gasteiger partial charge on any atom is -0.393 e. The van der Waals surface area contributed by atoms with Crippen molar-refractivity contribution < 1.29 is 5.11 Å². The van der Waals surface area contributed by atoms with E-state index in [1.54, 1.807) is 0 Å². The number of hydrogen-bond donors (Lipinski definition) is 2. The highest BCUT2D eigenvalue weighted by Gasteiger charge is 2.41. The van der Waals surface area contributed by atoms with Crippen LogP contribution in [0.2, 0.25) is 0 Å². The van der Waals surface area contributed by atoms with Gasteiger partial charge in [0.05, 0.1) is 6.10 Å². The topological polar surface area (TPSA) is 35.5 Å². The third-order valence-electron chi connectivity index (χ3n) is 5.61. The molecule has 2 saturated heterocycles. The van der Waals surface area contributed by atoms with Gasteiger partial charge in [0, 0.05) is 24.2 Å². The van der Waals surface area contributed by atoms with Crippen LogP contribution in [-0.2, 0) is 0 Å². The number of nitrogens with zero attached hydrogens (tertiary/aromatic N) is 1. The summed E-state index contributed by atoms with van der Waals surface area (Å²) in [5, 5.41) is 13.4. The largest absolute Gasteiger partial charge is 0.393 e. The highest BCUT2D eigenvalue weighted by atomic mass is 16.3. The lowest BCUT2D eigenvalue weighted by Gasteiger charge is -2.53. The molecule has 2 bridgehead atoms. The van der Waals surface area contributed by atoms with E-state index in [0.717, 1.165) is 43.6 Å². The summed E-state index contributed by atoms with van der Waals surface area (Å²) in [7, 11) is 0. The fourth-order valence-corrected chi connectivity index (χ4v) is 4.83. The predicted octanol–water partition coefficient (Wildman–Crippen LogP) is 2.28. The van der Waals surface area contributed by atoms with Crippen LogP contribution in [0.3, 0.4) is 0 Å². The fourth-order valence-electron chi connectivity index (χ4n) is 4.83. The number of hydrogen-bond acceptors (Lipinski definition) is 3. The van der Waals surface area contributed by atoms with Crippen molar-refractivity contribution in [1.29, 1.82) is 0 Å². The Balaban J connectivity index is 1.65. The van der Waals surface area contributed by atoms with Gasteiger partial charge in [-0.15, -0.1) is 0 Å². The minimum absolute atomic E-state index is 0.0182. The van der Waals surface area contributed by atoms with Gasteiger partial charge in [-0.2, -0.15) is 0 Å². The summed E-state index contributed by atoms with van der Waals surface area (Å²) in [6, 6.07) is 3.15. The Bertz CT molecular complexity index is 274. The molecule has 0 aromatic heterocycles. The third kappa shape index (κ3) is 2.98. The first-order valence-corrected chi connectivity index (χ1v) is 8.46. The van der Waals surface area contributed by atoms with E-state index in [1.807, 2.05) is 0 Å². The molecule has 0 spiro atoms. The third-order valence-corrected chi connectivity index (χ3v) is 5.61. The molecule has 0 aromatic carbocycles. The van der Waals surface area contributed by atoms with Gasteiger partial charge in [-0.25, -0.2) is 0 Å². The summed E-state index contributed by atoms with van der Waals surface area (Å²) >= 11 is 0. The van der Waals surface area contributed by atoms with Crippen LogP contribution in [0.1, 0.15) is 64.7 Å². The Morgan fingerprint density at radius 3 is 2.16 bits per heavy atom. The maximum atomic E-state index is 9.71. The molecule has 0 aromatic rings. The van der Waals surface area contributed by atoms with E-state index in [0.29, 0.717) is 0 Å². The van der Waals surface area contributed by atoms with Gasteiger partial charge in [0.25, 0.3) is 0 Å². The van der Waals surface area contributed by atoms with Crippen molar-refractivity contribution in [3.63, 3.8) is 0 Å². The lowest BCUT2D eigenvalue weighted by molar-refractivity contribution is -0.0346. The zero-order valence-corrected chi connectivity index (χ0v) is 12.4. The van der Waals surface area contributed by atoms with Crippen LogP contribution in [-0.4, -0.2) is 46.8 Å². The summed E-state index contributed by atoms with van der Waals surface area (Å²) in [5.74, 6) is 0. The highest BCUT2D eigenvalue weighted by molar-refractivity contribution is 4.98. The van der Waals surface area contributed by atoms with E-state index in [1.165, 1.54) is 44.9 Å². The van der Waals surface area contributed by atoms with Gasteiger partial charge in [0.15, 0.2) is 0 Å². The molecular formula is C16H30N2O. The van der Waals surface area contributed by atoms with Crippen LogP contribution in [0.15, 0.2) is 0 Å². The standard InChI is InChI=1S/C16H30N2O/c1-2-17-12-10-14-4-3-5-15(11-12)18(14)13-6-8-16(19)9-7-13/h12-17,19H,2-11H2,1H3. The summed E-state index contributed by atoms with van der Waals surface area (Å²) < 4.78 is 0. The number of aliphatic hydroxyl groups is 1. The zero-order valence-electron chi connectivity index (χ0n) is 12.4. The van der Waals surface area contributed by atoms with Gasteiger partial charge < -0.3 is 10.4 Å². The summed E-state index contributed by atoms with van der Waals surface area (Å²) in [5.41, 5.74) is 0. The van der Waals surface area contributed by atoms with Gasteiger partial charge in [0.2, 0.25) is 0 Å². The van der Waals surface area contributed by atoms with E-state index in [-0.39, 0.29) is 6.10 Å². The molecule has 2 aliphatic heterocycles. The van der Waals surface area contributed by atoms with Gasteiger partial charge >= 0.3 is 0 Å². The number of nitrogens with one attached hydrogen (secondary N) is 1. The number of aliphatic hydroxyl groups excluding tert-OH is 1. The van der Waals surface area contributed by atoms with Crippen molar-refractivity contribution >= 4 is 0 Å². The smallest absolute Gasteiger partial charge is 0.0541 e. The van der Waals surface area contributed by atoms with Crippen LogP contribution < -0.4 is 5.32 Å². The quantitative estimate of drug-likeness (QED) is 0.822. The van der Waals surface area contributed by atoms with Crippen molar-refractivity contribution in [3.8, 4) is 0 Å². The van der Waals surface area contributed by atoms with Crippen LogP contribution in [0.5, 0.6) is 0 Å². The molecule has 2 atom stereocenters. The molecule has 0 amide bonds. The molecule has 2 N–H and O–H groups in total.